The van der Waals surface area contributed by atoms with Crippen LogP contribution in [0.15, 0.2) is 36.5 Å². The lowest BCUT2D eigenvalue weighted by Gasteiger charge is -2.14. The van der Waals surface area contributed by atoms with E-state index in [1.807, 2.05) is 12.3 Å². The van der Waals surface area contributed by atoms with Crippen LogP contribution in [0.5, 0.6) is 0 Å². The molecule has 0 bridgehead atoms. The Kier molecular flexibility index (Phi) is 2.54. The summed E-state index contributed by atoms with van der Waals surface area (Å²) in [6.45, 7) is 1.21. The summed E-state index contributed by atoms with van der Waals surface area (Å²) in [5, 5.41) is 13.5. The largest absolute Gasteiger partial charge is 0.465 e. The minimum Gasteiger partial charge on any atom is -0.465 e. The number of fused-ring (bicyclic) bond motifs is 1. The summed E-state index contributed by atoms with van der Waals surface area (Å²) in [6.07, 6.45) is 1.03. The Balaban J connectivity index is 1.50. The van der Waals surface area contributed by atoms with E-state index in [1.54, 1.807) is 16.8 Å². The van der Waals surface area contributed by atoms with E-state index < -0.39 is 6.09 Å². The molecule has 108 valence electrons. The summed E-state index contributed by atoms with van der Waals surface area (Å²) in [4.78, 5) is 12.4. The Hall–Kier alpha value is -2.37. The zero-order chi connectivity index (χ0) is 14.6. The van der Waals surface area contributed by atoms with Crippen molar-refractivity contribution >= 4 is 6.09 Å². The van der Waals surface area contributed by atoms with Crippen LogP contribution in [-0.2, 0) is 0 Å². The number of carbonyl (C=O) groups is 1. The van der Waals surface area contributed by atoms with Crippen molar-refractivity contribution in [1.29, 1.82) is 0 Å². The van der Waals surface area contributed by atoms with Gasteiger partial charge in [-0.25, -0.2) is 13.9 Å². The number of carboxylic acid groups (broad SMARTS) is 1. The maximum atomic E-state index is 12.9. The summed E-state index contributed by atoms with van der Waals surface area (Å²) in [5.74, 6) is 0.897. The molecule has 1 aromatic heterocycles. The molecule has 5 nitrogen and oxygen atoms in total. The number of piperidine rings is 1. The molecule has 1 amide bonds. The van der Waals surface area contributed by atoms with Crippen molar-refractivity contribution in [3.63, 3.8) is 0 Å². The second-order valence-corrected chi connectivity index (χ2v) is 5.70. The molecule has 2 unspecified atom stereocenters. The normalized spacial score (nSPS) is 26.7. The Morgan fingerprint density at radius 2 is 1.86 bits per heavy atom. The smallest absolute Gasteiger partial charge is 0.407 e. The fourth-order valence-corrected chi connectivity index (χ4v) is 3.37. The van der Waals surface area contributed by atoms with Gasteiger partial charge in [-0.15, -0.1) is 0 Å². The van der Waals surface area contributed by atoms with Gasteiger partial charge >= 0.3 is 6.09 Å². The average molecular weight is 287 g/mol. The molecule has 1 aromatic carbocycles. The number of halogens is 1. The summed E-state index contributed by atoms with van der Waals surface area (Å²) < 4.78 is 14.7. The van der Waals surface area contributed by atoms with E-state index in [0.717, 1.165) is 11.4 Å². The van der Waals surface area contributed by atoms with Gasteiger partial charge in [0.2, 0.25) is 0 Å². The first-order valence-corrected chi connectivity index (χ1v) is 6.93. The van der Waals surface area contributed by atoms with Crippen LogP contribution in [0, 0.1) is 17.7 Å². The highest BCUT2D eigenvalue weighted by molar-refractivity contribution is 5.66. The molecule has 2 fully saturated rings. The van der Waals surface area contributed by atoms with E-state index in [9.17, 15) is 9.18 Å². The predicted molar refractivity (Wildman–Crippen MR) is 72.8 cm³/mol. The van der Waals surface area contributed by atoms with Gasteiger partial charge in [0.1, 0.15) is 5.82 Å². The summed E-state index contributed by atoms with van der Waals surface area (Å²) in [6, 6.07) is 8.16. The minimum absolute atomic E-state index is 0.267. The Morgan fingerprint density at radius 3 is 2.48 bits per heavy atom. The predicted octanol–water partition coefficient (Wildman–Crippen LogP) is 2.33. The molecule has 2 aromatic rings. The second-order valence-electron chi connectivity index (χ2n) is 5.70. The molecule has 21 heavy (non-hydrogen) atoms. The molecule has 2 aliphatic rings. The molecule has 1 aliphatic heterocycles. The molecule has 0 radical (unpaired) electrons. The fourth-order valence-electron chi connectivity index (χ4n) is 3.37. The highest BCUT2D eigenvalue weighted by Gasteiger charge is 2.58. The van der Waals surface area contributed by atoms with Crippen LogP contribution in [0.4, 0.5) is 9.18 Å². The molecule has 4 rings (SSSR count). The summed E-state index contributed by atoms with van der Waals surface area (Å²) >= 11 is 0. The lowest BCUT2D eigenvalue weighted by atomic mass is 10.2. The van der Waals surface area contributed by atoms with E-state index in [-0.39, 0.29) is 5.82 Å². The molecule has 1 aliphatic carbocycles. The topological polar surface area (TPSA) is 58.4 Å². The SMILES string of the molecule is O=C(O)N1CC2C(c3ccn(-c4ccc(F)cc4)n3)[C@@H]2C1. The number of likely N-dealkylation sites (tertiary alicyclic amines) is 1. The van der Waals surface area contributed by atoms with Crippen molar-refractivity contribution < 1.29 is 14.3 Å². The van der Waals surface area contributed by atoms with Gasteiger partial charge in [-0.3, -0.25) is 0 Å². The van der Waals surface area contributed by atoms with Crippen LogP contribution in [0.2, 0.25) is 0 Å². The molecule has 1 saturated carbocycles. The number of aromatic nitrogens is 2. The van der Waals surface area contributed by atoms with Crippen LogP contribution in [0.3, 0.4) is 0 Å². The second kappa shape index (κ2) is 4.31. The number of rotatable bonds is 2. The molecule has 1 saturated heterocycles. The highest BCUT2D eigenvalue weighted by Crippen LogP contribution is 2.57. The summed E-state index contributed by atoms with van der Waals surface area (Å²) in [5.41, 5.74) is 1.82. The zero-order valence-electron chi connectivity index (χ0n) is 11.2. The van der Waals surface area contributed by atoms with E-state index >= 15 is 0 Å². The Bertz CT molecular complexity index is 685. The number of amides is 1. The first kappa shape index (κ1) is 12.4. The van der Waals surface area contributed by atoms with E-state index in [1.165, 1.54) is 17.0 Å². The van der Waals surface area contributed by atoms with Gasteiger partial charge in [0.05, 0.1) is 11.4 Å². The molecule has 3 atom stereocenters. The zero-order valence-corrected chi connectivity index (χ0v) is 11.2. The molecule has 2 heterocycles. The minimum atomic E-state index is -0.835. The van der Waals surface area contributed by atoms with E-state index in [0.29, 0.717) is 30.8 Å². The van der Waals surface area contributed by atoms with Crippen LogP contribution in [-0.4, -0.2) is 39.0 Å². The molecule has 6 heteroatoms. The summed E-state index contributed by atoms with van der Waals surface area (Å²) in [7, 11) is 0. The molecule has 0 spiro atoms. The first-order valence-electron chi connectivity index (χ1n) is 6.93. The van der Waals surface area contributed by atoms with Gasteiger partial charge in [0, 0.05) is 25.2 Å². The molecular formula is C15H14FN3O2. The lowest BCUT2D eigenvalue weighted by Crippen LogP contribution is -2.29. The van der Waals surface area contributed by atoms with Crippen LogP contribution >= 0.6 is 0 Å². The maximum Gasteiger partial charge on any atom is 0.407 e. The van der Waals surface area contributed by atoms with Crippen LogP contribution < -0.4 is 0 Å². The fraction of sp³-hybridized carbons (Fsp3) is 0.333. The maximum absolute atomic E-state index is 12.9. The standard InChI is InChI=1S/C15H14FN3O2/c16-9-1-3-10(4-2-9)19-6-5-13(17-19)14-11-7-18(15(20)21)8-12(11)14/h1-6,11-12,14H,7-8H2,(H,20,21)/t11-,12?,14?/m1/s1. The van der Waals surface area contributed by atoms with Crippen LogP contribution in [0.25, 0.3) is 5.69 Å². The number of hydrogen-bond acceptors (Lipinski definition) is 2. The van der Waals surface area contributed by atoms with Crippen molar-refractivity contribution in [2.45, 2.75) is 5.92 Å². The van der Waals surface area contributed by atoms with Crippen LogP contribution in [0.1, 0.15) is 11.6 Å². The highest BCUT2D eigenvalue weighted by atomic mass is 19.1. The Labute approximate surface area is 120 Å². The first-order chi connectivity index (χ1) is 10.1. The number of hydrogen-bond donors (Lipinski definition) is 1. The van der Waals surface area contributed by atoms with Gasteiger partial charge in [0.25, 0.3) is 0 Å². The third-order valence-electron chi connectivity index (χ3n) is 4.51. The quantitative estimate of drug-likeness (QED) is 0.922. The van der Waals surface area contributed by atoms with Crippen molar-refractivity contribution in [1.82, 2.24) is 14.7 Å². The van der Waals surface area contributed by atoms with Crippen molar-refractivity contribution in [2.75, 3.05) is 13.1 Å². The molecule has 1 N–H and O–H groups in total. The third kappa shape index (κ3) is 1.98. The van der Waals surface area contributed by atoms with Gasteiger partial charge in [-0.05, 0) is 42.2 Å². The van der Waals surface area contributed by atoms with Gasteiger partial charge in [-0.2, -0.15) is 5.10 Å². The monoisotopic (exact) mass is 287 g/mol. The van der Waals surface area contributed by atoms with Crippen molar-refractivity contribution in [2.24, 2.45) is 11.8 Å². The number of benzene rings is 1. The van der Waals surface area contributed by atoms with Crippen molar-refractivity contribution in [3.05, 3.63) is 48.0 Å². The van der Waals surface area contributed by atoms with Gasteiger partial charge in [0.15, 0.2) is 0 Å². The van der Waals surface area contributed by atoms with Gasteiger partial charge < -0.3 is 10.0 Å². The average Bonchev–Trinajstić information content (AvgIpc) is 2.87. The third-order valence-corrected chi connectivity index (χ3v) is 4.51. The van der Waals surface area contributed by atoms with E-state index in [4.69, 9.17) is 5.11 Å². The Morgan fingerprint density at radius 1 is 1.19 bits per heavy atom. The van der Waals surface area contributed by atoms with Gasteiger partial charge in [-0.1, -0.05) is 0 Å². The van der Waals surface area contributed by atoms with Crippen molar-refractivity contribution in [3.8, 4) is 5.69 Å². The molecular weight excluding hydrogens is 273 g/mol. The number of nitrogens with zero attached hydrogens (tertiary/aromatic N) is 3. The van der Waals surface area contributed by atoms with E-state index in [2.05, 4.69) is 5.10 Å². The lowest BCUT2D eigenvalue weighted by molar-refractivity contribution is 0.150.